The number of carbonyl (C=O) groups excluding carboxylic acids is 1. The van der Waals surface area contributed by atoms with E-state index in [1.807, 2.05) is 12.1 Å². The highest BCUT2D eigenvalue weighted by molar-refractivity contribution is 9.10. The number of hydrogen-bond acceptors (Lipinski definition) is 2. The van der Waals surface area contributed by atoms with Crippen LogP contribution < -0.4 is 4.90 Å². The summed E-state index contributed by atoms with van der Waals surface area (Å²) in [4.78, 5) is 13.7. The summed E-state index contributed by atoms with van der Waals surface area (Å²) in [5.41, 5.74) is 1.90. The molecule has 18 heavy (non-hydrogen) atoms. The van der Waals surface area contributed by atoms with Crippen molar-refractivity contribution in [3.05, 3.63) is 28.2 Å². The summed E-state index contributed by atoms with van der Waals surface area (Å²) in [5.74, 6) is 0. The standard InChI is InChI=1S/C15H20BrNO/c1-2-14-6-4-3-5-9-17(14)15-10-13(16)8-7-12(15)11-18/h7-8,10-11,14H,2-6,9H2,1H3. The molecule has 0 radical (unpaired) electrons. The molecule has 0 bridgehead atoms. The van der Waals surface area contributed by atoms with Gasteiger partial charge in [-0.05, 0) is 37.5 Å². The predicted octanol–water partition coefficient (Wildman–Crippen LogP) is 4.42. The van der Waals surface area contributed by atoms with Crippen LogP contribution in [0.3, 0.4) is 0 Å². The molecule has 0 saturated carbocycles. The van der Waals surface area contributed by atoms with E-state index in [-0.39, 0.29) is 0 Å². The molecule has 1 saturated heterocycles. The van der Waals surface area contributed by atoms with Crippen molar-refractivity contribution in [1.82, 2.24) is 0 Å². The first-order chi connectivity index (χ1) is 8.76. The lowest BCUT2D eigenvalue weighted by molar-refractivity contribution is 0.112. The number of carbonyl (C=O) groups is 1. The summed E-state index contributed by atoms with van der Waals surface area (Å²) in [5, 5.41) is 0. The van der Waals surface area contributed by atoms with Crippen molar-refractivity contribution in [1.29, 1.82) is 0 Å². The third kappa shape index (κ3) is 2.94. The average molecular weight is 310 g/mol. The molecule has 2 nitrogen and oxygen atoms in total. The number of hydrogen-bond donors (Lipinski definition) is 0. The predicted molar refractivity (Wildman–Crippen MR) is 79.4 cm³/mol. The second-order valence-electron chi connectivity index (χ2n) is 4.93. The van der Waals surface area contributed by atoms with E-state index < -0.39 is 0 Å². The van der Waals surface area contributed by atoms with Crippen molar-refractivity contribution < 1.29 is 4.79 Å². The molecule has 3 heteroatoms. The molecule has 1 aromatic rings. The van der Waals surface area contributed by atoms with Crippen molar-refractivity contribution in [2.75, 3.05) is 11.4 Å². The maximum absolute atomic E-state index is 11.2. The van der Waals surface area contributed by atoms with Crippen molar-refractivity contribution in [3.8, 4) is 0 Å². The fraction of sp³-hybridized carbons (Fsp3) is 0.533. The smallest absolute Gasteiger partial charge is 0.152 e. The number of aldehydes is 1. The Hall–Kier alpha value is -0.830. The van der Waals surface area contributed by atoms with Gasteiger partial charge in [0, 0.05) is 28.3 Å². The lowest BCUT2D eigenvalue weighted by Crippen LogP contribution is -2.35. The maximum atomic E-state index is 11.2. The number of rotatable bonds is 3. The van der Waals surface area contributed by atoms with E-state index in [0.717, 1.165) is 35.0 Å². The molecular formula is C15H20BrNO. The third-order valence-electron chi connectivity index (χ3n) is 3.78. The van der Waals surface area contributed by atoms with Crippen LogP contribution in [0.4, 0.5) is 5.69 Å². The topological polar surface area (TPSA) is 20.3 Å². The van der Waals surface area contributed by atoms with E-state index in [9.17, 15) is 4.79 Å². The first-order valence-electron chi connectivity index (χ1n) is 6.77. The maximum Gasteiger partial charge on any atom is 0.152 e. The lowest BCUT2D eigenvalue weighted by atomic mass is 10.1. The van der Waals surface area contributed by atoms with E-state index in [2.05, 4.69) is 33.8 Å². The van der Waals surface area contributed by atoms with Crippen LogP contribution >= 0.6 is 15.9 Å². The summed E-state index contributed by atoms with van der Waals surface area (Å²) in [6.45, 7) is 3.30. The van der Waals surface area contributed by atoms with Crippen LogP contribution in [0.2, 0.25) is 0 Å². The van der Waals surface area contributed by atoms with Crippen molar-refractivity contribution >= 4 is 27.9 Å². The Labute approximate surface area is 117 Å². The van der Waals surface area contributed by atoms with Gasteiger partial charge in [0.15, 0.2) is 6.29 Å². The Morgan fingerprint density at radius 3 is 2.94 bits per heavy atom. The molecule has 1 unspecified atom stereocenters. The van der Waals surface area contributed by atoms with Gasteiger partial charge < -0.3 is 4.90 Å². The van der Waals surface area contributed by atoms with Gasteiger partial charge in [-0.25, -0.2) is 0 Å². The van der Waals surface area contributed by atoms with Crippen molar-refractivity contribution in [3.63, 3.8) is 0 Å². The summed E-state index contributed by atoms with van der Waals surface area (Å²) >= 11 is 3.51. The third-order valence-corrected chi connectivity index (χ3v) is 4.27. The minimum atomic E-state index is 0.570. The number of nitrogens with zero attached hydrogens (tertiary/aromatic N) is 1. The largest absolute Gasteiger partial charge is 0.368 e. The molecule has 0 N–H and O–H groups in total. The van der Waals surface area contributed by atoms with Gasteiger partial charge in [0.1, 0.15) is 0 Å². The minimum Gasteiger partial charge on any atom is -0.368 e. The number of benzene rings is 1. The Balaban J connectivity index is 2.37. The molecule has 0 spiro atoms. The first-order valence-corrected chi connectivity index (χ1v) is 7.57. The summed E-state index contributed by atoms with van der Waals surface area (Å²) in [6, 6.07) is 6.49. The minimum absolute atomic E-state index is 0.570. The Bertz CT molecular complexity index is 419. The fourth-order valence-corrected chi connectivity index (χ4v) is 3.13. The fourth-order valence-electron chi connectivity index (χ4n) is 2.78. The van der Waals surface area contributed by atoms with Crippen LogP contribution in [-0.4, -0.2) is 18.9 Å². The van der Waals surface area contributed by atoms with Gasteiger partial charge in [0.25, 0.3) is 0 Å². The van der Waals surface area contributed by atoms with Crippen LogP contribution in [0.25, 0.3) is 0 Å². The molecule has 0 aromatic heterocycles. The second kappa shape index (κ2) is 6.37. The van der Waals surface area contributed by atoms with Gasteiger partial charge in [0.05, 0.1) is 0 Å². The van der Waals surface area contributed by atoms with Gasteiger partial charge in [-0.1, -0.05) is 35.7 Å². The van der Waals surface area contributed by atoms with E-state index in [0.29, 0.717) is 6.04 Å². The Morgan fingerprint density at radius 1 is 1.39 bits per heavy atom. The number of anilines is 1. The van der Waals surface area contributed by atoms with Gasteiger partial charge in [0.2, 0.25) is 0 Å². The van der Waals surface area contributed by atoms with Crippen molar-refractivity contribution in [2.45, 2.75) is 45.1 Å². The highest BCUT2D eigenvalue weighted by Crippen LogP contribution is 2.30. The molecule has 1 aliphatic rings. The lowest BCUT2D eigenvalue weighted by Gasteiger charge is -2.32. The quantitative estimate of drug-likeness (QED) is 0.770. The molecular weight excluding hydrogens is 290 g/mol. The first kappa shape index (κ1) is 13.6. The van der Waals surface area contributed by atoms with Gasteiger partial charge in [-0.15, -0.1) is 0 Å². The van der Waals surface area contributed by atoms with E-state index in [4.69, 9.17) is 0 Å². The molecule has 1 atom stereocenters. The second-order valence-corrected chi connectivity index (χ2v) is 5.84. The zero-order chi connectivity index (χ0) is 13.0. The van der Waals surface area contributed by atoms with E-state index in [1.54, 1.807) is 0 Å². The number of halogens is 1. The zero-order valence-corrected chi connectivity index (χ0v) is 12.4. The van der Waals surface area contributed by atoms with Crippen LogP contribution in [-0.2, 0) is 0 Å². The Morgan fingerprint density at radius 2 is 2.22 bits per heavy atom. The highest BCUT2D eigenvalue weighted by atomic mass is 79.9. The SMILES string of the molecule is CCC1CCCCCN1c1cc(Br)ccc1C=O. The molecule has 0 amide bonds. The summed E-state index contributed by atoms with van der Waals surface area (Å²) in [6.07, 6.45) is 7.18. The van der Waals surface area contributed by atoms with Crippen molar-refractivity contribution in [2.24, 2.45) is 0 Å². The van der Waals surface area contributed by atoms with E-state index >= 15 is 0 Å². The monoisotopic (exact) mass is 309 g/mol. The molecule has 1 aliphatic heterocycles. The molecule has 1 aromatic carbocycles. The molecule has 1 heterocycles. The van der Waals surface area contributed by atoms with E-state index in [1.165, 1.54) is 25.7 Å². The normalized spacial score (nSPS) is 20.6. The summed E-state index contributed by atoms with van der Waals surface area (Å²) < 4.78 is 1.04. The molecule has 2 rings (SSSR count). The summed E-state index contributed by atoms with van der Waals surface area (Å²) in [7, 11) is 0. The zero-order valence-electron chi connectivity index (χ0n) is 10.9. The van der Waals surface area contributed by atoms with Crippen LogP contribution in [0.15, 0.2) is 22.7 Å². The van der Waals surface area contributed by atoms with Gasteiger partial charge >= 0.3 is 0 Å². The Kier molecular flexibility index (Phi) is 4.81. The average Bonchev–Trinajstić information content (AvgIpc) is 2.63. The molecule has 98 valence electrons. The van der Waals surface area contributed by atoms with Gasteiger partial charge in [-0.2, -0.15) is 0 Å². The molecule has 1 fully saturated rings. The molecule has 0 aliphatic carbocycles. The van der Waals surface area contributed by atoms with Crippen LogP contribution in [0, 0.1) is 0 Å². The van der Waals surface area contributed by atoms with Gasteiger partial charge in [-0.3, -0.25) is 4.79 Å². The highest BCUT2D eigenvalue weighted by Gasteiger charge is 2.21. The van der Waals surface area contributed by atoms with Crippen LogP contribution in [0.1, 0.15) is 49.4 Å². The van der Waals surface area contributed by atoms with Crippen LogP contribution in [0.5, 0.6) is 0 Å².